The zero-order chi connectivity index (χ0) is 52.7. The number of unbranched alkanes of at least 4 members (excludes halogenated alkanes) is 13. The second-order valence-corrected chi connectivity index (χ2v) is 20.6. The Labute approximate surface area is 441 Å². The number of nitrogens with zero attached hydrogens (tertiary/aromatic N) is 1. The summed E-state index contributed by atoms with van der Waals surface area (Å²) in [5, 5.41) is 0. The van der Waals surface area contributed by atoms with Gasteiger partial charge in [-0.05, 0) is 96.3 Å². The summed E-state index contributed by atoms with van der Waals surface area (Å²) in [5.41, 5.74) is 0. The smallest absolute Gasteiger partial charge is 0.306 e. The summed E-state index contributed by atoms with van der Waals surface area (Å²) < 4.78 is 33.8. The first kappa shape index (κ1) is 68.2. The molecule has 0 rings (SSSR count). The molecule has 0 saturated heterocycles. The molecule has 0 heterocycles. The fraction of sp³-hybridized carbons (Fsp3) is 0.613. The van der Waals surface area contributed by atoms with Crippen LogP contribution in [0.25, 0.3) is 0 Å². The first-order valence-corrected chi connectivity index (χ1v) is 29.4. The summed E-state index contributed by atoms with van der Waals surface area (Å²) in [6.45, 7) is 4.02. The van der Waals surface area contributed by atoms with E-state index in [4.69, 9.17) is 18.5 Å². The predicted octanol–water partition coefficient (Wildman–Crippen LogP) is 16.7. The third kappa shape index (κ3) is 55.5. The van der Waals surface area contributed by atoms with E-state index in [0.717, 1.165) is 128 Å². The van der Waals surface area contributed by atoms with Gasteiger partial charge in [0.05, 0.1) is 27.7 Å². The minimum absolute atomic E-state index is 0.0387. The quantitative estimate of drug-likeness (QED) is 0.0195. The van der Waals surface area contributed by atoms with Crippen LogP contribution in [0.2, 0.25) is 0 Å². The Morgan fingerprint density at radius 1 is 0.444 bits per heavy atom. The van der Waals surface area contributed by atoms with Gasteiger partial charge >= 0.3 is 11.9 Å². The molecule has 0 saturated carbocycles. The summed E-state index contributed by atoms with van der Waals surface area (Å²) in [6, 6.07) is 0. The number of rotatable bonds is 49. The first-order chi connectivity index (χ1) is 35.0. The van der Waals surface area contributed by atoms with Crippen LogP contribution in [0.5, 0.6) is 0 Å². The molecule has 2 atom stereocenters. The Balaban J connectivity index is 4.04. The number of carbonyl (C=O) groups is 2. The molecule has 0 radical (unpaired) electrons. The molecule has 0 fully saturated rings. The highest BCUT2D eigenvalue weighted by atomic mass is 31.2. The lowest BCUT2D eigenvalue weighted by Gasteiger charge is -2.28. The van der Waals surface area contributed by atoms with Gasteiger partial charge in [0.25, 0.3) is 7.82 Å². The van der Waals surface area contributed by atoms with Crippen LogP contribution in [0.1, 0.15) is 194 Å². The molecule has 0 aliphatic heterocycles. The van der Waals surface area contributed by atoms with Gasteiger partial charge in [0.2, 0.25) is 0 Å². The molecule has 0 spiro atoms. The Kier molecular flexibility index (Phi) is 49.2. The number of hydrogen-bond acceptors (Lipinski definition) is 8. The monoisotopic (exact) mass is 1020 g/mol. The van der Waals surface area contributed by atoms with Gasteiger partial charge in [-0.25, -0.2) is 0 Å². The molecule has 0 aromatic rings. The first-order valence-electron chi connectivity index (χ1n) is 27.9. The van der Waals surface area contributed by atoms with Gasteiger partial charge < -0.3 is 27.9 Å². The van der Waals surface area contributed by atoms with Crippen LogP contribution in [0, 0.1) is 0 Å². The van der Waals surface area contributed by atoms with Crippen molar-refractivity contribution in [3.63, 3.8) is 0 Å². The maximum atomic E-state index is 12.7. The normalized spacial score (nSPS) is 14.4. The summed E-state index contributed by atoms with van der Waals surface area (Å²) in [7, 11) is 1.14. The summed E-state index contributed by atoms with van der Waals surface area (Å²) >= 11 is 0. The van der Waals surface area contributed by atoms with E-state index in [1.165, 1.54) is 32.1 Å². The van der Waals surface area contributed by atoms with E-state index in [9.17, 15) is 19.0 Å². The summed E-state index contributed by atoms with van der Waals surface area (Å²) in [6.07, 6.45) is 75.4. The van der Waals surface area contributed by atoms with E-state index in [1.807, 2.05) is 21.1 Å². The lowest BCUT2D eigenvalue weighted by molar-refractivity contribution is -0.870. The van der Waals surface area contributed by atoms with Gasteiger partial charge in [0.1, 0.15) is 19.8 Å². The van der Waals surface area contributed by atoms with Crippen LogP contribution in [-0.2, 0) is 32.7 Å². The molecule has 408 valence electrons. The maximum absolute atomic E-state index is 12.7. The molecule has 0 aromatic heterocycles. The number of hydrogen-bond donors (Lipinski definition) is 0. The molecule has 0 N–H and O–H groups in total. The standard InChI is InChI=1S/C62H102NO8P/c1-6-8-10-12-14-15-16-17-18-19-20-21-22-23-24-25-26-27-28-29-30-31-32-33-34-35-36-37-38-39-40-41-42-43-44-45-46-47-49-51-53-55-62(65)71-60(59-70-72(66,67)69-57-56-63(3,4)5)58-68-61(64)54-52-50-48-13-11-9-7-2/h8,10,14-15,17-18,20-21,23-24,26-27,29-30,32-33,35-36,38-39,41-42,60H,6-7,9,11-13,16,19,22,25,28,31,34,37,40,43-59H2,1-5H3/b10-8-,15-14-,18-17-,21-20-,24-23-,27-26-,30-29-,33-32-,36-35-,39-38-,42-41-. The topological polar surface area (TPSA) is 111 Å². The molecule has 0 aliphatic rings. The minimum atomic E-state index is -4.63. The van der Waals surface area contributed by atoms with Crippen molar-refractivity contribution in [2.24, 2.45) is 0 Å². The van der Waals surface area contributed by atoms with Crippen LogP contribution >= 0.6 is 7.82 Å². The Bertz CT molecular complexity index is 1670. The number of carbonyl (C=O) groups excluding carboxylic acids is 2. The van der Waals surface area contributed by atoms with E-state index in [2.05, 4.69) is 148 Å². The SMILES string of the molecule is CC/C=C\C/C=C\C/C=C\C/C=C\C/C=C\C/C=C\C/C=C\C/C=C\C/C=C\C/C=C\C/C=C\CCCCCCCCCC(=O)OC(COC(=O)CCCCCCCCC)COP(=O)([O-])OCC[N+](C)(C)C. The zero-order valence-electron chi connectivity index (χ0n) is 46.1. The summed E-state index contributed by atoms with van der Waals surface area (Å²) in [4.78, 5) is 37.5. The third-order valence-corrected chi connectivity index (χ3v) is 12.1. The van der Waals surface area contributed by atoms with E-state index in [0.29, 0.717) is 17.4 Å². The summed E-state index contributed by atoms with van der Waals surface area (Å²) in [5.74, 6) is -0.863. The van der Waals surface area contributed by atoms with Crippen molar-refractivity contribution in [1.29, 1.82) is 0 Å². The van der Waals surface area contributed by atoms with Crippen LogP contribution in [0.3, 0.4) is 0 Å². The highest BCUT2D eigenvalue weighted by Crippen LogP contribution is 2.38. The van der Waals surface area contributed by atoms with Crippen LogP contribution < -0.4 is 4.89 Å². The van der Waals surface area contributed by atoms with Gasteiger partial charge in [0.15, 0.2) is 6.10 Å². The number of quaternary nitrogens is 1. The van der Waals surface area contributed by atoms with Gasteiger partial charge in [-0.3, -0.25) is 14.2 Å². The van der Waals surface area contributed by atoms with Crippen LogP contribution in [0.4, 0.5) is 0 Å². The maximum Gasteiger partial charge on any atom is 0.306 e. The second-order valence-electron chi connectivity index (χ2n) is 19.2. The molecule has 10 heteroatoms. The molecule has 72 heavy (non-hydrogen) atoms. The largest absolute Gasteiger partial charge is 0.756 e. The van der Waals surface area contributed by atoms with E-state index in [-0.39, 0.29) is 26.1 Å². The van der Waals surface area contributed by atoms with Crippen molar-refractivity contribution in [1.82, 2.24) is 0 Å². The van der Waals surface area contributed by atoms with Gasteiger partial charge in [-0.1, -0.05) is 218 Å². The van der Waals surface area contributed by atoms with Gasteiger partial charge in [-0.2, -0.15) is 0 Å². The van der Waals surface area contributed by atoms with Crippen molar-refractivity contribution >= 4 is 19.8 Å². The van der Waals surface area contributed by atoms with Gasteiger partial charge in [0, 0.05) is 12.8 Å². The fourth-order valence-electron chi connectivity index (χ4n) is 6.89. The van der Waals surface area contributed by atoms with Crippen molar-refractivity contribution in [2.75, 3.05) is 47.5 Å². The van der Waals surface area contributed by atoms with Crippen molar-refractivity contribution in [3.8, 4) is 0 Å². The Morgan fingerprint density at radius 3 is 1.18 bits per heavy atom. The number of likely N-dealkylation sites (N-methyl/N-ethyl adjacent to an activating group) is 1. The molecule has 0 amide bonds. The highest BCUT2D eigenvalue weighted by molar-refractivity contribution is 7.45. The zero-order valence-corrected chi connectivity index (χ0v) is 47.0. The molecular weight excluding hydrogens is 918 g/mol. The Hall–Kier alpha value is -3.85. The predicted molar refractivity (Wildman–Crippen MR) is 304 cm³/mol. The van der Waals surface area contributed by atoms with Crippen LogP contribution in [-0.4, -0.2) is 70.0 Å². The number of phosphoric ester groups is 1. The average molecular weight is 1020 g/mol. The van der Waals surface area contributed by atoms with E-state index in [1.54, 1.807) is 0 Å². The second kappa shape index (κ2) is 52.0. The molecule has 2 unspecified atom stereocenters. The molecule has 0 aromatic carbocycles. The highest BCUT2D eigenvalue weighted by Gasteiger charge is 2.21. The molecule has 0 aliphatic carbocycles. The molecular formula is C62H102NO8P. The van der Waals surface area contributed by atoms with Crippen LogP contribution in [0.15, 0.2) is 134 Å². The minimum Gasteiger partial charge on any atom is -0.756 e. The molecule has 0 bridgehead atoms. The van der Waals surface area contributed by atoms with E-state index < -0.39 is 32.5 Å². The molecule has 9 nitrogen and oxygen atoms in total. The van der Waals surface area contributed by atoms with Crippen molar-refractivity contribution in [3.05, 3.63) is 134 Å². The lowest BCUT2D eigenvalue weighted by atomic mass is 10.1. The Morgan fingerprint density at radius 2 is 0.792 bits per heavy atom. The number of allylic oxidation sites excluding steroid dienone is 22. The number of esters is 2. The van der Waals surface area contributed by atoms with Gasteiger partial charge in [-0.15, -0.1) is 0 Å². The fourth-order valence-corrected chi connectivity index (χ4v) is 7.62. The lowest BCUT2D eigenvalue weighted by Crippen LogP contribution is -2.37. The van der Waals surface area contributed by atoms with E-state index >= 15 is 0 Å². The van der Waals surface area contributed by atoms with Crippen molar-refractivity contribution in [2.45, 2.75) is 200 Å². The van der Waals surface area contributed by atoms with Crippen molar-refractivity contribution < 1.29 is 42.1 Å². The average Bonchev–Trinajstić information content (AvgIpc) is 3.34. The third-order valence-electron chi connectivity index (χ3n) is 11.2. The number of ether oxygens (including phenoxy) is 2. The number of phosphoric acid groups is 1.